The van der Waals surface area contributed by atoms with Crippen molar-refractivity contribution in [1.82, 2.24) is 5.32 Å². The molecule has 2 N–H and O–H groups in total. The Morgan fingerprint density at radius 3 is 2.42 bits per heavy atom. The molecule has 0 spiro atoms. The molecule has 2 rings (SSSR count). The van der Waals surface area contributed by atoms with E-state index in [2.05, 4.69) is 5.32 Å². The molecule has 0 aliphatic heterocycles. The maximum absolute atomic E-state index is 12.1. The van der Waals surface area contributed by atoms with Gasteiger partial charge < -0.3 is 15.2 Å². The molecule has 0 fully saturated rings. The highest BCUT2D eigenvalue weighted by atomic mass is 16.5. The minimum Gasteiger partial charge on any atom is -0.479 e. The summed E-state index contributed by atoms with van der Waals surface area (Å²) in [6, 6.07) is 17.7. The SMILES string of the molecule is C[C@@H](Oc1ccc(/C=C(\C#N)C(=O)NCc2ccccc2)cc1)C(=O)O. The molecule has 1 amide bonds. The first-order chi connectivity index (χ1) is 12.5. The number of benzene rings is 2. The van der Waals surface area contributed by atoms with Crippen LogP contribution >= 0.6 is 0 Å². The van der Waals surface area contributed by atoms with Crippen molar-refractivity contribution in [1.29, 1.82) is 5.26 Å². The Labute approximate surface area is 151 Å². The van der Waals surface area contributed by atoms with Crippen molar-refractivity contribution in [3.63, 3.8) is 0 Å². The molecular formula is C20H18N2O4. The second kappa shape index (κ2) is 9.04. The van der Waals surface area contributed by atoms with E-state index >= 15 is 0 Å². The number of carboxylic acids is 1. The Morgan fingerprint density at radius 1 is 1.19 bits per heavy atom. The van der Waals surface area contributed by atoms with Crippen molar-refractivity contribution in [3.05, 3.63) is 71.3 Å². The third kappa shape index (κ3) is 5.49. The predicted molar refractivity (Wildman–Crippen MR) is 96.0 cm³/mol. The fourth-order valence-corrected chi connectivity index (χ4v) is 2.09. The number of carbonyl (C=O) groups excluding carboxylic acids is 1. The first kappa shape index (κ1) is 18.7. The number of ether oxygens (including phenoxy) is 1. The molecular weight excluding hydrogens is 332 g/mol. The molecule has 0 bridgehead atoms. The Balaban J connectivity index is 2.02. The van der Waals surface area contributed by atoms with Crippen LogP contribution in [0.15, 0.2) is 60.2 Å². The van der Waals surface area contributed by atoms with E-state index in [4.69, 9.17) is 9.84 Å². The lowest BCUT2D eigenvalue weighted by Crippen LogP contribution is -2.23. The van der Waals surface area contributed by atoms with Crippen molar-refractivity contribution in [3.8, 4) is 11.8 Å². The largest absolute Gasteiger partial charge is 0.479 e. The molecule has 0 unspecified atom stereocenters. The number of carbonyl (C=O) groups is 2. The van der Waals surface area contributed by atoms with Crippen LogP contribution in [-0.4, -0.2) is 23.1 Å². The lowest BCUT2D eigenvalue weighted by Gasteiger charge is -2.10. The summed E-state index contributed by atoms with van der Waals surface area (Å²) in [6.07, 6.45) is 0.500. The number of nitriles is 1. The van der Waals surface area contributed by atoms with Gasteiger partial charge in [0.2, 0.25) is 0 Å². The maximum atomic E-state index is 12.1. The molecule has 0 heterocycles. The fourth-order valence-electron chi connectivity index (χ4n) is 2.09. The first-order valence-corrected chi connectivity index (χ1v) is 7.93. The van der Waals surface area contributed by atoms with Crippen LogP contribution in [0.3, 0.4) is 0 Å². The van der Waals surface area contributed by atoms with E-state index in [0.717, 1.165) is 5.56 Å². The van der Waals surface area contributed by atoms with Crippen molar-refractivity contribution in [2.75, 3.05) is 0 Å². The van der Waals surface area contributed by atoms with Gasteiger partial charge in [-0.1, -0.05) is 42.5 Å². The molecule has 6 heteroatoms. The summed E-state index contributed by atoms with van der Waals surface area (Å²) >= 11 is 0. The van der Waals surface area contributed by atoms with E-state index in [-0.39, 0.29) is 5.57 Å². The number of hydrogen-bond acceptors (Lipinski definition) is 4. The molecule has 0 saturated carbocycles. The maximum Gasteiger partial charge on any atom is 0.344 e. The third-order valence-electron chi connectivity index (χ3n) is 3.51. The van der Waals surface area contributed by atoms with E-state index in [0.29, 0.717) is 17.9 Å². The van der Waals surface area contributed by atoms with Gasteiger partial charge in [0.15, 0.2) is 6.10 Å². The first-order valence-electron chi connectivity index (χ1n) is 7.93. The molecule has 2 aromatic rings. The van der Waals surface area contributed by atoms with Crippen LogP contribution in [0, 0.1) is 11.3 Å². The van der Waals surface area contributed by atoms with Gasteiger partial charge in [-0.2, -0.15) is 5.26 Å². The summed E-state index contributed by atoms with van der Waals surface area (Å²) in [6.45, 7) is 1.76. The summed E-state index contributed by atoms with van der Waals surface area (Å²) in [5, 5.41) is 20.7. The van der Waals surface area contributed by atoms with Crippen molar-refractivity contribution < 1.29 is 19.4 Å². The standard InChI is InChI=1S/C20H18N2O4/c1-14(20(24)25)26-18-9-7-15(8-10-18)11-17(12-21)19(23)22-13-16-5-3-2-4-6-16/h2-11,14H,13H2,1H3,(H,22,23)(H,24,25)/b17-11+/t14-/m1/s1. The summed E-state index contributed by atoms with van der Waals surface area (Å²) in [4.78, 5) is 22.9. The van der Waals surface area contributed by atoms with Gasteiger partial charge in [0.25, 0.3) is 5.91 Å². The van der Waals surface area contributed by atoms with Crippen LogP contribution in [0.25, 0.3) is 6.08 Å². The van der Waals surface area contributed by atoms with Gasteiger partial charge in [-0.05, 0) is 36.3 Å². The zero-order valence-electron chi connectivity index (χ0n) is 14.2. The second-order valence-corrected chi connectivity index (χ2v) is 5.51. The third-order valence-corrected chi connectivity index (χ3v) is 3.51. The molecule has 26 heavy (non-hydrogen) atoms. The topological polar surface area (TPSA) is 99.4 Å². The molecule has 0 radical (unpaired) electrons. The molecule has 0 saturated heterocycles. The number of nitrogens with one attached hydrogen (secondary N) is 1. The second-order valence-electron chi connectivity index (χ2n) is 5.51. The summed E-state index contributed by atoms with van der Waals surface area (Å²) in [7, 11) is 0. The molecule has 0 aliphatic carbocycles. The van der Waals surface area contributed by atoms with Crippen LogP contribution < -0.4 is 10.1 Å². The summed E-state index contributed by atoms with van der Waals surface area (Å²) < 4.78 is 5.23. The van der Waals surface area contributed by atoms with Gasteiger partial charge in [-0.3, -0.25) is 4.79 Å². The summed E-state index contributed by atoms with van der Waals surface area (Å²) in [5.74, 6) is -1.13. The Kier molecular flexibility index (Phi) is 6.52. The normalized spacial score (nSPS) is 11.9. The quantitative estimate of drug-likeness (QED) is 0.591. The van der Waals surface area contributed by atoms with Crippen molar-refractivity contribution >= 4 is 18.0 Å². The van der Waals surface area contributed by atoms with Gasteiger partial charge in [0, 0.05) is 6.54 Å². The van der Waals surface area contributed by atoms with E-state index in [1.54, 1.807) is 24.3 Å². The Morgan fingerprint density at radius 2 is 1.85 bits per heavy atom. The van der Waals surface area contributed by atoms with Crippen molar-refractivity contribution in [2.45, 2.75) is 19.6 Å². The van der Waals surface area contributed by atoms with Crippen LogP contribution in [0.5, 0.6) is 5.75 Å². The molecule has 132 valence electrons. The smallest absolute Gasteiger partial charge is 0.344 e. The van der Waals surface area contributed by atoms with E-state index in [9.17, 15) is 14.9 Å². The minimum atomic E-state index is -1.06. The van der Waals surface area contributed by atoms with Gasteiger partial charge >= 0.3 is 5.97 Å². The van der Waals surface area contributed by atoms with Gasteiger partial charge in [0.05, 0.1) is 0 Å². The highest BCUT2D eigenvalue weighted by molar-refractivity contribution is 6.01. The monoisotopic (exact) mass is 350 g/mol. The Hall–Kier alpha value is -3.59. The number of nitrogens with zero attached hydrogens (tertiary/aromatic N) is 1. The van der Waals surface area contributed by atoms with Gasteiger partial charge in [0.1, 0.15) is 17.4 Å². The number of hydrogen-bond donors (Lipinski definition) is 2. The lowest BCUT2D eigenvalue weighted by molar-refractivity contribution is -0.144. The van der Waals surface area contributed by atoms with Gasteiger partial charge in [-0.15, -0.1) is 0 Å². The highest BCUT2D eigenvalue weighted by Gasteiger charge is 2.12. The van der Waals surface area contributed by atoms with Crippen LogP contribution in [0.2, 0.25) is 0 Å². The highest BCUT2D eigenvalue weighted by Crippen LogP contribution is 2.16. The Bertz CT molecular complexity index is 836. The zero-order chi connectivity index (χ0) is 18.9. The fraction of sp³-hybridized carbons (Fsp3) is 0.150. The molecule has 1 atom stereocenters. The number of rotatable bonds is 7. The molecule has 0 aromatic heterocycles. The number of carboxylic acid groups (broad SMARTS) is 1. The van der Waals surface area contributed by atoms with E-state index in [1.165, 1.54) is 13.0 Å². The zero-order valence-corrected chi connectivity index (χ0v) is 14.2. The van der Waals surface area contributed by atoms with Crippen molar-refractivity contribution in [2.24, 2.45) is 0 Å². The number of amides is 1. The lowest BCUT2D eigenvalue weighted by atomic mass is 10.1. The van der Waals surface area contributed by atoms with Crippen LogP contribution in [-0.2, 0) is 16.1 Å². The molecule has 0 aliphatic rings. The molecule has 6 nitrogen and oxygen atoms in total. The van der Waals surface area contributed by atoms with Gasteiger partial charge in [-0.25, -0.2) is 4.79 Å². The van der Waals surface area contributed by atoms with Crippen LogP contribution in [0.1, 0.15) is 18.1 Å². The van der Waals surface area contributed by atoms with E-state index < -0.39 is 18.0 Å². The number of aliphatic carboxylic acids is 1. The minimum absolute atomic E-state index is 0.0199. The average molecular weight is 350 g/mol. The van der Waals surface area contributed by atoms with E-state index in [1.807, 2.05) is 36.4 Å². The average Bonchev–Trinajstić information content (AvgIpc) is 2.66. The predicted octanol–water partition coefficient (Wildman–Crippen LogP) is 2.76. The molecule has 2 aromatic carbocycles. The van der Waals surface area contributed by atoms with Crippen LogP contribution in [0.4, 0.5) is 0 Å². The summed E-state index contributed by atoms with van der Waals surface area (Å²) in [5.41, 5.74) is 1.55.